The van der Waals surface area contributed by atoms with Crippen LogP contribution in [0, 0.1) is 0 Å². The number of hydrogen-bond acceptors (Lipinski definition) is 7. The van der Waals surface area contributed by atoms with Crippen LogP contribution in [0.25, 0.3) is 0 Å². The molecule has 2 aromatic carbocycles. The number of anilines is 2. The molecule has 0 bridgehead atoms. The van der Waals surface area contributed by atoms with E-state index in [-0.39, 0.29) is 23.0 Å². The maximum Gasteiger partial charge on any atom is 0.238 e. The largest absolute Gasteiger partial charge is 0.492 e. The lowest BCUT2D eigenvalue weighted by molar-refractivity contribution is -0.116. The molecule has 2 atom stereocenters. The Balaban J connectivity index is 1.66. The van der Waals surface area contributed by atoms with Gasteiger partial charge in [0, 0.05) is 30.7 Å². The first kappa shape index (κ1) is 27.9. The van der Waals surface area contributed by atoms with Gasteiger partial charge in [-0.1, -0.05) is 39.8 Å². The van der Waals surface area contributed by atoms with E-state index < -0.39 is 14.8 Å². The smallest absolute Gasteiger partial charge is 0.238 e. The van der Waals surface area contributed by atoms with Crippen molar-refractivity contribution in [2.45, 2.75) is 49.2 Å². The highest BCUT2D eigenvalue weighted by Gasteiger charge is 2.38. The number of carbonyl (C=O) groups is 1. The van der Waals surface area contributed by atoms with Gasteiger partial charge in [0.25, 0.3) is 0 Å². The summed E-state index contributed by atoms with van der Waals surface area (Å²) < 4.78 is 37.5. The van der Waals surface area contributed by atoms with Crippen LogP contribution in [0.5, 0.6) is 17.4 Å². The van der Waals surface area contributed by atoms with Crippen molar-refractivity contribution in [1.82, 2.24) is 9.97 Å². The lowest BCUT2D eigenvalue weighted by Crippen LogP contribution is -2.37. The summed E-state index contributed by atoms with van der Waals surface area (Å²) in [5, 5.41) is 2.59. The van der Waals surface area contributed by atoms with E-state index in [1.165, 1.54) is 37.7 Å². The number of methoxy groups -OCH3 is 1. The molecule has 1 aliphatic rings. The van der Waals surface area contributed by atoms with Crippen LogP contribution in [-0.4, -0.2) is 49.5 Å². The molecule has 1 aliphatic heterocycles. The molecule has 11 heteroatoms. The molecule has 3 aromatic rings. The molecule has 2 heterocycles. The maximum absolute atomic E-state index is 13.7. The molecule has 0 saturated heterocycles. The molecule has 204 valence electrons. The van der Waals surface area contributed by atoms with E-state index in [0.717, 1.165) is 16.0 Å². The van der Waals surface area contributed by atoms with Crippen molar-refractivity contribution in [2.75, 3.05) is 29.7 Å². The normalized spacial score (nSPS) is 18.2. The molecule has 9 nitrogen and oxygen atoms in total. The van der Waals surface area contributed by atoms with Gasteiger partial charge in [-0.3, -0.25) is 14.1 Å². The van der Waals surface area contributed by atoms with Crippen molar-refractivity contribution < 1.29 is 23.0 Å². The van der Waals surface area contributed by atoms with Gasteiger partial charge in [0.1, 0.15) is 12.1 Å². The molecule has 0 saturated carbocycles. The minimum absolute atomic E-state index is 0.0922. The second-order valence-electron chi connectivity index (χ2n) is 10.9. The van der Waals surface area contributed by atoms with Gasteiger partial charge in [0.2, 0.25) is 11.8 Å². The lowest BCUT2D eigenvalue weighted by Gasteiger charge is -2.37. The third-order valence-corrected chi connectivity index (χ3v) is 8.40. The quantitative estimate of drug-likeness (QED) is 0.339. The van der Waals surface area contributed by atoms with Crippen molar-refractivity contribution in [3.8, 4) is 17.4 Å². The molecular weight excluding hydrogens is 524 g/mol. The van der Waals surface area contributed by atoms with E-state index in [9.17, 15) is 13.6 Å². The van der Waals surface area contributed by atoms with E-state index in [1.807, 2.05) is 52.0 Å². The first-order valence-electron chi connectivity index (χ1n) is 12.0. The highest BCUT2D eigenvalue weighted by atomic mass is 32.3. The fourth-order valence-corrected chi connectivity index (χ4v) is 6.36. The Morgan fingerprint density at radius 2 is 1.87 bits per heavy atom. The van der Waals surface area contributed by atoms with Gasteiger partial charge in [-0.15, -0.1) is 21.3 Å². The number of rotatable bonds is 7. The maximum atomic E-state index is 13.7. The summed E-state index contributed by atoms with van der Waals surface area (Å²) in [7, 11) is -2.68. The van der Waals surface area contributed by atoms with Crippen molar-refractivity contribution in [3.05, 3.63) is 60.0 Å². The molecule has 2 unspecified atom stereocenters. The van der Waals surface area contributed by atoms with E-state index in [4.69, 9.17) is 9.47 Å². The number of benzene rings is 2. The van der Waals surface area contributed by atoms with E-state index in [2.05, 4.69) is 20.0 Å². The molecule has 0 aliphatic carbocycles. The van der Waals surface area contributed by atoms with Gasteiger partial charge in [-0.05, 0) is 34.7 Å². The number of carbonyl (C=O) groups excluding carboxylic acids is 1. The van der Waals surface area contributed by atoms with Crippen LogP contribution in [0.15, 0.2) is 53.8 Å². The molecular formula is C27H34N4O5S2. The topological polar surface area (TPSA) is 123 Å². The zero-order valence-corrected chi connectivity index (χ0v) is 24.2. The molecule has 0 radical (unpaired) electrons. The van der Waals surface area contributed by atoms with Crippen LogP contribution in [0.4, 0.5) is 11.4 Å². The van der Waals surface area contributed by atoms with Crippen LogP contribution in [0.1, 0.15) is 44.7 Å². The Labute approximate surface area is 227 Å². The number of thioether (sulfide) groups is 1. The van der Waals surface area contributed by atoms with Crippen molar-refractivity contribution in [1.29, 1.82) is 0 Å². The second kappa shape index (κ2) is 9.87. The monoisotopic (exact) mass is 558 g/mol. The van der Waals surface area contributed by atoms with Crippen molar-refractivity contribution >= 4 is 38.6 Å². The molecule has 0 spiro atoms. The van der Waals surface area contributed by atoms with Crippen molar-refractivity contribution in [2.24, 2.45) is 0 Å². The van der Waals surface area contributed by atoms with Gasteiger partial charge in [0.05, 0.1) is 28.6 Å². The third-order valence-electron chi connectivity index (χ3n) is 6.04. The van der Waals surface area contributed by atoms with E-state index in [0.29, 0.717) is 23.0 Å². The number of fused-ring (bicyclic) bond motifs is 1. The molecule has 0 fully saturated rings. The minimum atomic E-state index is -4.14. The van der Waals surface area contributed by atoms with Crippen molar-refractivity contribution in [3.63, 3.8) is 0 Å². The van der Waals surface area contributed by atoms with Crippen LogP contribution < -0.4 is 19.5 Å². The Kier molecular flexibility index (Phi) is 7.24. The Morgan fingerprint density at radius 3 is 2.47 bits per heavy atom. The first-order valence-corrected chi connectivity index (χ1v) is 15.7. The van der Waals surface area contributed by atoms with Gasteiger partial charge in [-0.25, -0.2) is 9.97 Å². The summed E-state index contributed by atoms with van der Waals surface area (Å²) in [6.45, 7) is 8.09. The standard InChI is InChI=1S/C27H34N4O5S2/c1-16-18-9-8-10-21(36-22-11-12-28-15-29-22)25(18)37-24(16)26(32)30-19-13-17(27(2,3)4)14-20(23(19)35-5)31-38(6,7,33)34/h8-16,24H,1-7H3,(H,30,32)(H2,31,33,34). The first-order chi connectivity index (χ1) is 17.6. The Bertz CT molecular complexity index is 1420. The van der Waals surface area contributed by atoms with Gasteiger partial charge < -0.3 is 14.8 Å². The van der Waals surface area contributed by atoms with Gasteiger partial charge in [-0.2, -0.15) is 4.21 Å². The molecule has 4 rings (SSSR count). The van der Waals surface area contributed by atoms with Crippen LogP contribution in [-0.2, 0) is 19.7 Å². The van der Waals surface area contributed by atoms with Gasteiger partial charge >= 0.3 is 0 Å². The highest BCUT2D eigenvalue weighted by molar-refractivity contribution is 8.15. The summed E-state index contributed by atoms with van der Waals surface area (Å²) in [6, 6.07) is 11.1. The summed E-state index contributed by atoms with van der Waals surface area (Å²) in [6.07, 6.45) is 5.48. The molecule has 38 heavy (non-hydrogen) atoms. The predicted molar refractivity (Wildman–Crippen MR) is 153 cm³/mol. The SMILES string of the molecule is COc1c(NC(=O)C2Sc3c(Oc4ccncn4)cccc3C2C)cc(C(C)(C)C)cc1NS(C)(C)(=O)O. The van der Waals surface area contributed by atoms with E-state index >= 15 is 0 Å². The lowest BCUT2D eigenvalue weighted by atomic mass is 9.86. The number of hydrogen-bond donors (Lipinski definition) is 3. The molecule has 3 N–H and O–H groups in total. The number of aromatic nitrogens is 2. The number of ether oxygens (including phenoxy) is 2. The third kappa shape index (κ3) is 6.28. The number of amides is 1. The molecule has 1 amide bonds. The summed E-state index contributed by atoms with van der Waals surface area (Å²) in [5.74, 6) is 1.02. The Hall–Kier alpha value is -3.15. The summed E-state index contributed by atoms with van der Waals surface area (Å²) >= 11 is 1.43. The zero-order chi connectivity index (χ0) is 27.9. The highest BCUT2D eigenvalue weighted by Crippen LogP contribution is 2.51. The number of nitrogens with one attached hydrogen (secondary N) is 2. The average molecular weight is 559 g/mol. The fraction of sp³-hybridized carbons (Fsp3) is 0.370. The van der Waals surface area contributed by atoms with Crippen LogP contribution in [0.3, 0.4) is 0 Å². The fourth-order valence-electron chi connectivity index (χ4n) is 4.19. The molecule has 1 aromatic heterocycles. The van der Waals surface area contributed by atoms with Crippen LogP contribution >= 0.6 is 11.8 Å². The van der Waals surface area contributed by atoms with E-state index in [1.54, 1.807) is 18.3 Å². The number of nitrogens with zero attached hydrogens (tertiary/aromatic N) is 2. The summed E-state index contributed by atoms with van der Waals surface area (Å²) in [4.78, 5) is 22.6. The second-order valence-corrected chi connectivity index (χ2v) is 15.7. The minimum Gasteiger partial charge on any atom is -0.492 e. The van der Waals surface area contributed by atoms with Crippen LogP contribution in [0.2, 0.25) is 0 Å². The zero-order valence-electron chi connectivity index (χ0n) is 22.6. The van der Waals surface area contributed by atoms with Gasteiger partial charge in [0.15, 0.2) is 5.75 Å². The average Bonchev–Trinajstić information content (AvgIpc) is 3.15. The Morgan fingerprint density at radius 1 is 1.16 bits per heavy atom. The predicted octanol–water partition coefficient (Wildman–Crippen LogP) is 5.67. The summed E-state index contributed by atoms with van der Waals surface area (Å²) in [5.41, 5.74) is 2.33.